The molecule has 1 saturated carbocycles. The minimum atomic E-state index is -0.294. The first-order chi connectivity index (χ1) is 10.6. The molecule has 0 aromatic heterocycles. The van der Waals surface area contributed by atoms with Gasteiger partial charge in [0.1, 0.15) is 0 Å². The summed E-state index contributed by atoms with van der Waals surface area (Å²) in [5.41, 5.74) is 6.14. The van der Waals surface area contributed by atoms with Crippen LogP contribution in [0.1, 0.15) is 44.1 Å². The molecule has 4 nitrogen and oxygen atoms in total. The highest BCUT2D eigenvalue weighted by molar-refractivity contribution is 5.89. The van der Waals surface area contributed by atoms with Crippen LogP contribution in [0.15, 0.2) is 30.3 Å². The smallest absolute Gasteiger partial charge is 0.233 e. The Kier molecular flexibility index (Phi) is 4.19. The molecule has 2 N–H and O–H groups in total. The number of nitrogens with zero attached hydrogens (tertiary/aromatic N) is 1. The molecule has 0 unspecified atom stereocenters. The number of carbonyl (C=O) groups is 2. The molecule has 2 fully saturated rings. The van der Waals surface area contributed by atoms with Gasteiger partial charge >= 0.3 is 0 Å². The number of hydrogen-bond acceptors (Lipinski definition) is 2. The molecule has 0 bridgehead atoms. The Hall–Kier alpha value is -1.84. The molecule has 0 atom stereocenters. The number of rotatable bonds is 4. The molecule has 3 rings (SSSR count). The predicted octanol–water partition coefficient (Wildman–Crippen LogP) is 2.22. The van der Waals surface area contributed by atoms with E-state index in [4.69, 9.17) is 5.73 Å². The molecule has 2 amide bonds. The van der Waals surface area contributed by atoms with E-state index in [2.05, 4.69) is 12.1 Å². The molecule has 2 aliphatic rings. The van der Waals surface area contributed by atoms with Crippen LogP contribution in [0.25, 0.3) is 0 Å². The monoisotopic (exact) mass is 300 g/mol. The zero-order valence-electron chi connectivity index (χ0n) is 13.0. The lowest BCUT2D eigenvalue weighted by Crippen LogP contribution is -2.53. The summed E-state index contributed by atoms with van der Waals surface area (Å²) < 4.78 is 0. The highest BCUT2D eigenvalue weighted by Crippen LogP contribution is 2.45. The number of primary amides is 1. The number of carbonyl (C=O) groups excluding carboxylic acids is 2. The average Bonchev–Trinajstić information content (AvgIpc) is 2.47. The topological polar surface area (TPSA) is 63.4 Å². The molecule has 0 spiro atoms. The van der Waals surface area contributed by atoms with Crippen molar-refractivity contribution in [1.82, 2.24) is 4.90 Å². The Morgan fingerprint density at radius 2 is 1.77 bits per heavy atom. The van der Waals surface area contributed by atoms with E-state index in [0.717, 1.165) is 50.8 Å². The van der Waals surface area contributed by atoms with Crippen molar-refractivity contribution in [2.24, 2.45) is 11.7 Å². The quantitative estimate of drug-likeness (QED) is 0.926. The molecule has 4 heteroatoms. The van der Waals surface area contributed by atoms with Crippen molar-refractivity contribution in [2.75, 3.05) is 13.1 Å². The third-order valence-corrected chi connectivity index (χ3v) is 5.33. The van der Waals surface area contributed by atoms with Crippen molar-refractivity contribution in [3.8, 4) is 0 Å². The van der Waals surface area contributed by atoms with Gasteiger partial charge in [-0.05, 0) is 37.2 Å². The number of benzene rings is 1. The summed E-state index contributed by atoms with van der Waals surface area (Å²) in [6.07, 6.45) is 5.26. The fraction of sp³-hybridized carbons (Fsp3) is 0.556. The molecule has 1 aromatic rings. The summed E-state index contributed by atoms with van der Waals surface area (Å²) in [7, 11) is 0. The lowest BCUT2D eigenvalue weighted by Gasteiger charge is -2.45. The molecular formula is C18H24N2O2. The fourth-order valence-electron chi connectivity index (χ4n) is 3.84. The van der Waals surface area contributed by atoms with Crippen LogP contribution in [-0.4, -0.2) is 29.8 Å². The van der Waals surface area contributed by atoms with Crippen molar-refractivity contribution < 1.29 is 9.59 Å². The Bertz CT molecular complexity index is 543. The van der Waals surface area contributed by atoms with Gasteiger partial charge in [0, 0.05) is 19.5 Å². The van der Waals surface area contributed by atoms with Gasteiger partial charge in [-0.3, -0.25) is 9.59 Å². The standard InChI is InChI=1S/C18H24N2O2/c19-16(21)13-14-7-11-20(12-8-14)17(22)18(9-4-10-18)15-5-2-1-3-6-15/h1-3,5-6,14H,4,7-13H2,(H2,19,21). The maximum Gasteiger partial charge on any atom is 0.233 e. The Morgan fingerprint density at radius 1 is 1.14 bits per heavy atom. The summed E-state index contributed by atoms with van der Waals surface area (Å²) in [6.45, 7) is 1.51. The first-order valence-electron chi connectivity index (χ1n) is 8.25. The fourth-order valence-corrected chi connectivity index (χ4v) is 3.84. The van der Waals surface area contributed by atoms with Crippen molar-refractivity contribution in [2.45, 2.75) is 43.9 Å². The van der Waals surface area contributed by atoms with Gasteiger partial charge in [-0.1, -0.05) is 36.8 Å². The van der Waals surface area contributed by atoms with E-state index in [1.54, 1.807) is 0 Å². The summed E-state index contributed by atoms with van der Waals surface area (Å²) in [5.74, 6) is 0.391. The van der Waals surface area contributed by atoms with Crippen molar-refractivity contribution in [3.05, 3.63) is 35.9 Å². The molecular weight excluding hydrogens is 276 g/mol. The van der Waals surface area contributed by atoms with Gasteiger partial charge in [0.05, 0.1) is 5.41 Å². The van der Waals surface area contributed by atoms with Gasteiger partial charge < -0.3 is 10.6 Å². The molecule has 118 valence electrons. The van der Waals surface area contributed by atoms with E-state index >= 15 is 0 Å². The van der Waals surface area contributed by atoms with Gasteiger partial charge in [-0.15, -0.1) is 0 Å². The van der Waals surface area contributed by atoms with E-state index in [1.807, 2.05) is 23.1 Å². The second-order valence-electron chi connectivity index (χ2n) is 6.71. The maximum atomic E-state index is 13.1. The van der Waals surface area contributed by atoms with Crippen molar-refractivity contribution in [1.29, 1.82) is 0 Å². The minimum Gasteiger partial charge on any atom is -0.370 e. The second-order valence-corrected chi connectivity index (χ2v) is 6.71. The zero-order chi connectivity index (χ0) is 15.6. The summed E-state index contributed by atoms with van der Waals surface area (Å²) in [6, 6.07) is 10.2. The van der Waals surface area contributed by atoms with Crippen LogP contribution in [0.2, 0.25) is 0 Å². The van der Waals surface area contributed by atoms with Crippen LogP contribution < -0.4 is 5.73 Å². The third-order valence-electron chi connectivity index (χ3n) is 5.33. The Morgan fingerprint density at radius 3 is 2.27 bits per heavy atom. The highest BCUT2D eigenvalue weighted by atomic mass is 16.2. The van der Waals surface area contributed by atoms with Gasteiger partial charge in [0.2, 0.25) is 11.8 Å². The lowest BCUT2D eigenvalue weighted by atomic mass is 9.63. The first kappa shape index (κ1) is 15.1. The van der Waals surface area contributed by atoms with Gasteiger partial charge in [0.15, 0.2) is 0 Å². The molecule has 1 aliphatic carbocycles. The van der Waals surface area contributed by atoms with E-state index in [1.165, 1.54) is 0 Å². The molecule has 0 radical (unpaired) electrons. The maximum absolute atomic E-state index is 13.1. The van der Waals surface area contributed by atoms with Crippen LogP contribution in [0, 0.1) is 5.92 Å². The molecule has 1 aromatic carbocycles. The molecule has 1 aliphatic heterocycles. The van der Waals surface area contributed by atoms with Gasteiger partial charge in [-0.2, -0.15) is 0 Å². The minimum absolute atomic E-state index is 0.232. The van der Waals surface area contributed by atoms with Gasteiger partial charge in [0.25, 0.3) is 0 Å². The number of amides is 2. The van der Waals surface area contributed by atoms with Crippen LogP contribution >= 0.6 is 0 Å². The summed E-state index contributed by atoms with van der Waals surface area (Å²) >= 11 is 0. The largest absolute Gasteiger partial charge is 0.370 e. The van der Waals surface area contributed by atoms with E-state index < -0.39 is 0 Å². The lowest BCUT2D eigenvalue weighted by molar-refractivity contribution is -0.142. The zero-order valence-corrected chi connectivity index (χ0v) is 13.0. The first-order valence-corrected chi connectivity index (χ1v) is 8.25. The molecule has 1 saturated heterocycles. The number of likely N-dealkylation sites (tertiary alicyclic amines) is 1. The van der Waals surface area contributed by atoms with Crippen molar-refractivity contribution in [3.63, 3.8) is 0 Å². The van der Waals surface area contributed by atoms with Crippen LogP contribution in [0.4, 0.5) is 0 Å². The average molecular weight is 300 g/mol. The molecule has 22 heavy (non-hydrogen) atoms. The third kappa shape index (κ3) is 2.74. The summed E-state index contributed by atoms with van der Waals surface area (Å²) in [5, 5.41) is 0. The van der Waals surface area contributed by atoms with Crippen LogP contribution in [-0.2, 0) is 15.0 Å². The summed E-state index contributed by atoms with van der Waals surface area (Å²) in [4.78, 5) is 26.1. The van der Waals surface area contributed by atoms with E-state index in [0.29, 0.717) is 12.3 Å². The van der Waals surface area contributed by atoms with Crippen LogP contribution in [0.3, 0.4) is 0 Å². The Balaban J connectivity index is 1.68. The van der Waals surface area contributed by atoms with E-state index in [9.17, 15) is 9.59 Å². The van der Waals surface area contributed by atoms with Crippen LogP contribution in [0.5, 0.6) is 0 Å². The van der Waals surface area contributed by atoms with Crippen molar-refractivity contribution >= 4 is 11.8 Å². The Labute approximate surface area is 131 Å². The van der Waals surface area contributed by atoms with Gasteiger partial charge in [-0.25, -0.2) is 0 Å². The highest BCUT2D eigenvalue weighted by Gasteiger charge is 2.47. The number of piperidine rings is 1. The SMILES string of the molecule is NC(=O)CC1CCN(C(=O)C2(c3ccccc3)CCC2)CC1. The molecule has 1 heterocycles. The predicted molar refractivity (Wildman–Crippen MR) is 85.1 cm³/mol. The second kappa shape index (κ2) is 6.11. The van der Waals surface area contributed by atoms with E-state index in [-0.39, 0.29) is 17.2 Å². The number of nitrogens with two attached hydrogens (primary N) is 1. The normalized spacial score (nSPS) is 21.2. The number of hydrogen-bond donors (Lipinski definition) is 1.